The molecule has 0 radical (unpaired) electrons. The molecule has 1 aromatic carbocycles. The maximum atomic E-state index is 9.46. The SMILES string of the molecule is CSc1c(O)cccc1CCN. The number of benzene rings is 1. The first-order chi connectivity index (χ1) is 5.79. The van der Waals surface area contributed by atoms with Gasteiger partial charge < -0.3 is 10.8 Å². The summed E-state index contributed by atoms with van der Waals surface area (Å²) in [4.78, 5) is 0.947. The molecule has 0 heterocycles. The maximum Gasteiger partial charge on any atom is 0.129 e. The monoisotopic (exact) mass is 183 g/mol. The molecule has 0 aliphatic heterocycles. The Bertz CT molecular complexity index is 263. The molecular weight excluding hydrogens is 170 g/mol. The molecule has 12 heavy (non-hydrogen) atoms. The van der Waals surface area contributed by atoms with Gasteiger partial charge >= 0.3 is 0 Å². The largest absolute Gasteiger partial charge is 0.507 e. The van der Waals surface area contributed by atoms with Crippen LogP contribution in [0.15, 0.2) is 23.1 Å². The highest BCUT2D eigenvalue weighted by molar-refractivity contribution is 7.98. The molecular formula is C9H13NOS. The molecule has 0 fully saturated rings. The van der Waals surface area contributed by atoms with Crippen LogP contribution in [-0.2, 0) is 6.42 Å². The Labute approximate surface area is 76.8 Å². The Balaban J connectivity index is 3.00. The number of thioether (sulfide) groups is 1. The Kier molecular flexibility index (Phi) is 3.44. The lowest BCUT2D eigenvalue weighted by molar-refractivity contribution is 0.461. The highest BCUT2D eigenvalue weighted by Gasteiger charge is 2.04. The summed E-state index contributed by atoms with van der Waals surface area (Å²) >= 11 is 1.56. The lowest BCUT2D eigenvalue weighted by Crippen LogP contribution is -2.03. The van der Waals surface area contributed by atoms with Crippen LogP contribution in [0, 0.1) is 0 Å². The number of aromatic hydroxyl groups is 1. The predicted molar refractivity (Wildman–Crippen MR) is 52.6 cm³/mol. The van der Waals surface area contributed by atoms with Crippen molar-refractivity contribution in [1.82, 2.24) is 0 Å². The summed E-state index contributed by atoms with van der Waals surface area (Å²) in [6, 6.07) is 5.55. The second-order valence-corrected chi connectivity index (χ2v) is 3.32. The van der Waals surface area contributed by atoms with E-state index in [4.69, 9.17) is 5.73 Å². The average molecular weight is 183 g/mol. The van der Waals surface area contributed by atoms with Gasteiger partial charge in [-0.05, 0) is 30.9 Å². The molecule has 0 spiro atoms. The van der Waals surface area contributed by atoms with Crippen molar-refractivity contribution in [3.63, 3.8) is 0 Å². The summed E-state index contributed by atoms with van der Waals surface area (Å²) in [7, 11) is 0. The van der Waals surface area contributed by atoms with Crippen molar-refractivity contribution in [2.45, 2.75) is 11.3 Å². The van der Waals surface area contributed by atoms with Crippen LogP contribution in [0.4, 0.5) is 0 Å². The van der Waals surface area contributed by atoms with E-state index in [1.54, 1.807) is 17.8 Å². The standard InChI is InChI=1S/C9H13NOS/c1-12-9-7(5-6-10)3-2-4-8(9)11/h2-4,11H,5-6,10H2,1H3. The van der Waals surface area contributed by atoms with E-state index in [9.17, 15) is 5.11 Å². The minimum Gasteiger partial charge on any atom is -0.507 e. The van der Waals surface area contributed by atoms with Crippen LogP contribution >= 0.6 is 11.8 Å². The van der Waals surface area contributed by atoms with Crippen molar-refractivity contribution in [2.24, 2.45) is 5.73 Å². The van der Waals surface area contributed by atoms with Gasteiger partial charge in [0, 0.05) is 0 Å². The van der Waals surface area contributed by atoms with Crippen LogP contribution < -0.4 is 5.73 Å². The molecule has 3 N–H and O–H groups in total. The van der Waals surface area contributed by atoms with Crippen LogP contribution in [0.2, 0.25) is 0 Å². The quantitative estimate of drug-likeness (QED) is 0.700. The van der Waals surface area contributed by atoms with Crippen LogP contribution in [0.3, 0.4) is 0 Å². The van der Waals surface area contributed by atoms with Crippen molar-refractivity contribution < 1.29 is 5.11 Å². The van der Waals surface area contributed by atoms with Gasteiger partial charge in [0.05, 0.1) is 4.90 Å². The first-order valence-corrected chi connectivity index (χ1v) is 5.07. The van der Waals surface area contributed by atoms with E-state index < -0.39 is 0 Å². The molecule has 1 rings (SSSR count). The molecule has 0 atom stereocenters. The summed E-state index contributed by atoms with van der Waals surface area (Å²) < 4.78 is 0. The first kappa shape index (κ1) is 9.42. The van der Waals surface area contributed by atoms with Gasteiger partial charge in [0.1, 0.15) is 5.75 Å². The third-order valence-corrected chi connectivity index (χ3v) is 2.57. The fourth-order valence-corrected chi connectivity index (χ4v) is 1.87. The summed E-state index contributed by atoms with van der Waals surface area (Å²) in [5.74, 6) is 0.355. The van der Waals surface area contributed by atoms with E-state index in [1.807, 2.05) is 18.4 Å². The van der Waals surface area contributed by atoms with Gasteiger partial charge in [-0.25, -0.2) is 0 Å². The van der Waals surface area contributed by atoms with E-state index in [2.05, 4.69) is 0 Å². The van der Waals surface area contributed by atoms with Crippen molar-refractivity contribution in [3.05, 3.63) is 23.8 Å². The Hall–Kier alpha value is -0.670. The zero-order chi connectivity index (χ0) is 8.97. The zero-order valence-electron chi connectivity index (χ0n) is 7.08. The first-order valence-electron chi connectivity index (χ1n) is 3.84. The molecule has 0 amide bonds. The highest BCUT2D eigenvalue weighted by atomic mass is 32.2. The molecule has 1 aromatic rings. The summed E-state index contributed by atoms with van der Waals surface area (Å²) in [6.07, 6.45) is 2.78. The number of phenols is 1. The molecule has 0 bridgehead atoms. The molecule has 0 saturated heterocycles. The lowest BCUT2D eigenvalue weighted by Gasteiger charge is -2.07. The fraction of sp³-hybridized carbons (Fsp3) is 0.333. The number of nitrogens with two attached hydrogens (primary N) is 1. The van der Waals surface area contributed by atoms with Gasteiger partial charge in [0.2, 0.25) is 0 Å². The number of phenolic OH excluding ortho intramolecular Hbond substituents is 1. The van der Waals surface area contributed by atoms with Crippen LogP contribution in [-0.4, -0.2) is 17.9 Å². The molecule has 0 aromatic heterocycles. The summed E-state index contributed by atoms with van der Waals surface area (Å²) in [5.41, 5.74) is 6.57. The van der Waals surface area contributed by atoms with Gasteiger partial charge in [-0.3, -0.25) is 0 Å². The van der Waals surface area contributed by atoms with Crippen molar-refractivity contribution >= 4 is 11.8 Å². The van der Waals surface area contributed by atoms with Crippen molar-refractivity contribution in [2.75, 3.05) is 12.8 Å². The van der Waals surface area contributed by atoms with E-state index >= 15 is 0 Å². The second kappa shape index (κ2) is 4.38. The predicted octanol–water partition coefficient (Wildman–Crippen LogP) is 1.62. The molecule has 0 saturated carbocycles. The third kappa shape index (κ3) is 1.93. The smallest absolute Gasteiger partial charge is 0.129 e. The van der Waals surface area contributed by atoms with Crippen molar-refractivity contribution in [3.8, 4) is 5.75 Å². The Morgan fingerprint density at radius 3 is 2.83 bits per heavy atom. The summed E-state index contributed by atoms with van der Waals surface area (Å²) in [5, 5.41) is 9.46. The lowest BCUT2D eigenvalue weighted by atomic mass is 10.1. The second-order valence-electron chi connectivity index (χ2n) is 2.51. The van der Waals surface area contributed by atoms with Gasteiger partial charge in [-0.15, -0.1) is 11.8 Å². The van der Waals surface area contributed by atoms with Crippen LogP contribution in [0.25, 0.3) is 0 Å². The summed E-state index contributed by atoms with van der Waals surface area (Å²) in [6.45, 7) is 0.622. The number of hydrogen-bond donors (Lipinski definition) is 2. The van der Waals surface area contributed by atoms with E-state index in [0.717, 1.165) is 16.9 Å². The fourth-order valence-electron chi connectivity index (χ4n) is 1.16. The van der Waals surface area contributed by atoms with Gasteiger partial charge in [0.25, 0.3) is 0 Å². The van der Waals surface area contributed by atoms with Crippen LogP contribution in [0.5, 0.6) is 5.75 Å². The van der Waals surface area contributed by atoms with Crippen molar-refractivity contribution in [1.29, 1.82) is 0 Å². The number of hydrogen-bond acceptors (Lipinski definition) is 3. The topological polar surface area (TPSA) is 46.2 Å². The maximum absolute atomic E-state index is 9.46. The van der Waals surface area contributed by atoms with Crippen LogP contribution in [0.1, 0.15) is 5.56 Å². The van der Waals surface area contributed by atoms with Gasteiger partial charge in [-0.2, -0.15) is 0 Å². The minimum absolute atomic E-state index is 0.355. The molecule has 0 aliphatic carbocycles. The molecule has 0 unspecified atom stereocenters. The number of rotatable bonds is 3. The Morgan fingerprint density at radius 2 is 2.25 bits per heavy atom. The molecule has 3 heteroatoms. The minimum atomic E-state index is 0.355. The Morgan fingerprint density at radius 1 is 1.50 bits per heavy atom. The van der Waals surface area contributed by atoms with E-state index in [1.165, 1.54) is 0 Å². The van der Waals surface area contributed by atoms with E-state index in [-0.39, 0.29) is 0 Å². The molecule has 66 valence electrons. The van der Waals surface area contributed by atoms with Gasteiger partial charge in [0.15, 0.2) is 0 Å². The molecule has 2 nitrogen and oxygen atoms in total. The average Bonchev–Trinajstić information content (AvgIpc) is 2.05. The molecule has 0 aliphatic rings. The highest BCUT2D eigenvalue weighted by Crippen LogP contribution is 2.29. The third-order valence-electron chi connectivity index (χ3n) is 1.69. The zero-order valence-corrected chi connectivity index (χ0v) is 7.90. The normalized spacial score (nSPS) is 10.2. The van der Waals surface area contributed by atoms with E-state index in [0.29, 0.717) is 12.3 Å². The van der Waals surface area contributed by atoms with Gasteiger partial charge in [-0.1, -0.05) is 12.1 Å².